The molecule has 25 heavy (non-hydrogen) atoms. The van der Waals surface area contributed by atoms with Crippen molar-refractivity contribution in [1.82, 2.24) is 15.5 Å². The number of para-hydroxylation sites is 1. The van der Waals surface area contributed by atoms with Gasteiger partial charge in [0.15, 0.2) is 0 Å². The molecule has 7 heteroatoms. The Morgan fingerprint density at radius 3 is 2.40 bits per heavy atom. The van der Waals surface area contributed by atoms with E-state index in [4.69, 9.17) is 0 Å². The van der Waals surface area contributed by atoms with Crippen LogP contribution < -0.4 is 16.0 Å². The van der Waals surface area contributed by atoms with Gasteiger partial charge in [0.1, 0.15) is 0 Å². The minimum absolute atomic E-state index is 0.0341. The molecule has 1 aromatic carbocycles. The van der Waals surface area contributed by atoms with Crippen molar-refractivity contribution in [3.05, 3.63) is 29.8 Å². The van der Waals surface area contributed by atoms with Gasteiger partial charge in [0.2, 0.25) is 5.91 Å². The Labute approximate surface area is 148 Å². The van der Waals surface area contributed by atoms with Gasteiger partial charge >= 0.3 is 6.03 Å². The fourth-order valence-electron chi connectivity index (χ4n) is 3.23. The third kappa shape index (κ3) is 5.20. The number of amides is 4. The van der Waals surface area contributed by atoms with Crippen molar-refractivity contribution in [2.75, 3.05) is 32.0 Å². The molecule has 7 nitrogen and oxygen atoms in total. The fraction of sp³-hybridized carbons (Fsp3) is 0.500. The zero-order chi connectivity index (χ0) is 18.4. The lowest BCUT2D eigenvalue weighted by Crippen LogP contribution is -2.43. The first-order valence-corrected chi connectivity index (χ1v) is 8.54. The largest absolute Gasteiger partial charge is 0.375 e. The number of urea groups is 1. The third-order valence-corrected chi connectivity index (χ3v) is 4.23. The predicted molar refractivity (Wildman–Crippen MR) is 96.4 cm³/mol. The van der Waals surface area contributed by atoms with Gasteiger partial charge in [0.25, 0.3) is 5.91 Å². The average Bonchev–Trinajstić information content (AvgIpc) is 2.58. The van der Waals surface area contributed by atoms with Gasteiger partial charge in [-0.3, -0.25) is 14.9 Å². The third-order valence-electron chi connectivity index (χ3n) is 4.23. The summed E-state index contributed by atoms with van der Waals surface area (Å²) in [7, 11) is 1.44. The standard InChI is InChI=1S/C18H26N4O3/c1-12-8-13(2)11-22(10-12)17(24)14-6-4-5-7-15(14)20-9-16(23)21-18(25)19-3/h4-7,12-13,20H,8-11H2,1-3H3,(H2,19,21,23,25)/t12-,13+. The van der Waals surface area contributed by atoms with Crippen molar-refractivity contribution < 1.29 is 14.4 Å². The number of nitrogens with zero attached hydrogens (tertiary/aromatic N) is 1. The summed E-state index contributed by atoms with van der Waals surface area (Å²) in [6, 6.07) is 6.56. The first kappa shape index (κ1) is 18.8. The molecule has 1 saturated heterocycles. The molecular formula is C18H26N4O3. The predicted octanol–water partition coefficient (Wildman–Crippen LogP) is 1.67. The van der Waals surface area contributed by atoms with E-state index < -0.39 is 11.9 Å². The first-order valence-electron chi connectivity index (χ1n) is 8.54. The average molecular weight is 346 g/mol. The molecule has 1 fully saturated rings. The van der Waals surface area contributed by atoms with Gasteiger partial charge in [-0.05, 0) is 30.4 Å². The number of hydrogen-bond donors (Lipinski definition) is 3. The molecule has 2 atom stereocenters. The summed E-state index contributed by atoms with van der Waals surface area (Å²) < 4.78 is 0. The van der Waals surface area contributed by atoms with E-state index in [1.165, 1.54) is 7.05 Å². The molecule has 0 unspecified atom stereocenters. The smallest absolute Gasteiger partial charge is 0.321 e. The lowest BCUT2D eigenvalue weighted by molar-refractivity contribution is -0.118. The maximum absolute atomic E-state index is 12.9. The van der Waals surface area contributed by atoms with Crippen LogP contribution in [-0.4, -0.2) is 49.4 Å². The van der Waals surface area contributed by atoms with E-state index in [-0.39, 0.29) is 12.5 Å². The number of piperidine rings is 1. The SMILES string of the molecule is CNC(=O)NC(=O)CNc1ccccc1C(=O)N1C[C@H](C)C[C@H](C)C1. The summed E-state index contributed by atoms with van der Waals surface area (Å²) >= 11 is 0. The highest BCUT2D eigenvalue weighted by atomic mass is 16.2. The van der Waals surface area contributed by atoms with Gasteiger partial charge in [-0.1, -0.05) is 26.0 Å². The molecule has 3 N–H and O–H groups in total. The molecule has 1 aliphatic rings. The lowest BCUT2D eigenvalue weighted by atomic mass is 9.91. The highest BCUT2D eigenvalue weighted by Gasteiger charge is 2.27. The van der Waals surface area contributed by atoms with E-state index in [0.717, 1.165) is 19.5 Å². The summed E-state index contributed by atoms with van der Waals surface area (Å²) in [5.74, 6) is 0.451. The van der Waals surface area contributed by atoms with Crippen LogP contribution in [0.1, 0.15) is 30.6 Å². The number of nitrogens with one attached hydrogen (secondary N) is 3. The normalized spacial score (nSPS) is 19.9. The minimum atomic E-state index is -0.563. The van der Waals surface area contributed by atoms with E-state index >= 15 is 0 Å². The van der Waals surface area contributed by atoms with Crippen LogP contribution in [0.25, 0.3) is 0 Å². The highest BCUT2D eigenvalue weighted by Crippen LogP contribution is 2.24. The maximum atomic E-state index is 12.9. The topological polar surface area (TPSA) is 90.5 Å². The number of carbonyl (C=O) groups is 3. The molecule has 1 aromatic rings. The molecule has 0 bridgehead atoms. The summed E-state index contributed by atoms with van der Waals surface area (Å²) in [5.41, 5.74) is 1.13. The van der Waals surface area contributed by atoms with Crippen LogP contribution >= 0.6 is 0 Å². The second-order valence-electron chi connectivity index (χ2n) is 6.68. The van der Waals surface area contributed by atoms with Crippen molar-refractivity contribution >= 4 is 23.5 Å². The van der Waals surface area contributed by atoms with Gasteiger partial charge in [-0.2, -0.15) is 0 Å². The van der Waals surface area contributed by atoms with Crippen molar-refractivity contribution in [2.45, 2.75) is 20.3 Å². The molecular weight excluding hydrogens is 320 g/mol. The molecule has 1 heterocycles. The van der Waals surface area contributed by atoms with E-state index in [9.17, 15) is 14.4 Å². The van der Waals surface area contributed by atoms with Gasteiger partial charge < -0.3 is 15.5 Å². The molecule has 0 spiro atoms. The van der Waals surface area contributed by atoms with Crippen LogP contribution in [0, 0.1) is 11.8 Å². The van der Waals surface area contributed by atoms with Crippen LogP contribution in [-0.2, 0) is 4.79 Å². The zero-order valence-corrected chi connectivity index (χ0v) is 15.0. The number of rotatable bonds is 4. The van der Waals surface area contributed by atoms with Gasteiger partial charge in [0, 0.05) is 25.8 Å². The van der Waals surface area contributed by atoms with E-state index in [1.807, 2.05) is 4.90 Å². The number of carbonyl (C=O) groups excluding carboxylic acids is 3. The lowest BCUT2D eigenvalue weighted by Gasteiger charge is -2.35. The van der Waals surface area contributed by atoms with E-state index in [1.54, 1.807) is 24.3 Å². The van der Waals surface area contributed by atoms with Crippen LogP contribution in [0.15, 0.2) is 24.3 Å². The van der Waals surface area contributed by atoms with Crippen LogP contribution in [0.3, 0.4) is 0 Å². The van der Waals surface area contributed by atoms with Crippen LogP contribution in [0.2, 0.25) is 0 Å². The Morgan fingerprint density at radius 2 is 1.76 bits per heavy atom. The second-order valence-corrected chi connectivity index (χ2v) is 6.68. The number of likely N-dealkylation sites (tertiary alicyclic amines) is 1. The Kier molecular flexibility index (Phi) is 6.38. The molecule has 0 aliphatic carbocycles. The summed E-state index contributed by atoms with van der Waals surface area (Å²) in [6.07, 6.45) is 1.13. The minimum Gasteiger partial charge on any atom is -0.375 e. The number of anilines is 1. The van der Waals surface area contributed by atoms with Gasteiger partial charge in [0.05, 0.1) is 12.1 Å². The Bertz CT molecular complexity index is 637. The molecule has 136 valence electrons. The number of benzene rings is 1. The summed E-state index contributed by atoms with van der Waals surface area (Å²) in [6.45, 7) is 5.71. The fourth-order valence-corrected chi connectivity index (χ4v) is 3.23. The van der Waals surface area contributed by atoms with Crippen LogP contribution in [0.4, 0.5) is 10.5 Å². The maximum Gasteiger partial charge on any atom is 0.321 e. The quantitative estimate of drug-likeness (QED) is 0.773. The van der Waals surface area contributed by atoms with Crippen LogP contribution in [0.5, 0.6) is 0 Å². The molecule has 2 rings (SSSR count). The van der Waals surface area contributed by atoms with E-state index in [2.05, 4.69) is 29.8 Å². The highest BCUT2D eigenvalue weighted by molar-refractivity contribution is 6.01. The first-order chi connectivity index (χ1) is 11.9. The van der Waals surface area contributed by atoms with Crippen molar-refractivity contribution in [2.24, 2.45) is 11.8 Å². The molecule has 0 aromatic heterocycles. The van der Waals surface area contributed by atoms with Gasteiger partial charge in [-0.15, -0.1) is 0 Å². The molecule has 4 amide bonds. The number of hydrogen-bond acceptors (Lipinski definition) is 4. The van der Waals surface area contributed by atoms with Gasteiger partial charge in [-0.25, -0.2) is 4.79 Å². The Balaban J connectivity index is 2.05. The van der Waals surface area contributed by atoms with Crippen molar-refractivity contribution in [3.8, 4) is 0 Å². The summed E-state index contributed by atoms with van der Waals surface area (Å²) in [5, 5.41) is 7.44. The molecule has 1 aliphatic heterocycles. The zero-order valence-electron chi connectivity index (χ0n) is 15.0. The Morgan fingerprint density at radius 1 is 1.12 bits per heavy atom. The van der Waals surface area contributed by atoms with E-state index in [0.29, 0.717) is 23.1 Å². The molecule has 0 saturated carbocycles. The second kappa shape index (κ2) is 8.50. The number of imide groups is 1. The molecule has 0 radical (unpaired) electrons. The van der Waals surface area contributed by atoms with Crippen molar-refractivity contribution in [3.63, 3.8) is 0 Å². The monoisotopic (exact) mass is 346 g/mol. The Hall–Kier alpha value is -2.57. The van der Waals surface area contributed by atoms with Crippen molar-refractivity contribution in [1.29, 1.82) is 0 Å². The summed E-state index contributed by atoms with van der Waals surface area (Å²) in [4.78, 5) is 37.7.